The molecule has 0 spiro atoms. The summed E-state index contributed by atoms with van der Waals surface area (Å²) >= 11 is 0. The Hall–Kier alpha value is -2.49. The molecule has 8 nitrogen and oxygen atoms in total. The summed E-state index contributed by atoms with van der Waals surface area (Å²) in [7, 11) is -3.58. The molecule has 2 atom stereocenters. The minimum atomic E-state index is -3.58. The van der Waals surface area contributed by atoms with Gasteiger partial charge in [0.2, 0.25) is 10.0 Å². The molecule has 2 aromatic rings. The molecule has 1 aromatic carbocycles. The first-order chi connectivity index (χ1) is 14.9. The molecule has 0 saturated carbocycles. The van der Waals surface area contributed by atoms with E-state index in [9.17, 15) is 18.0 Å². The zero-order chi connectivity index (χ0) is 21.6. The molecule has 4 heterocycles. The van der Waals surface area contributed by atoms with E-state index in [1.165, 1.54) is 16.4 Å². The summed E-state index contributed by atoms with van der Waals surface area (Å²) in [6.07, 6.45) is 0.976. The number of ether oxygens (including phenoxy) is 1. The third-order valence-corrected chi connectivity index (χ3v) is 8.39. The van der Waals surface area contributed by atoms with Crippen LogP contribution >= 0.6 is 0 Å². The highest BCUT2D eigenvalue weighted by atomic mass is 32.2. The predicted molar refractivity (Wildman–Crippen MR) is 113 cm³/mol. The summed E-state index contributed by atoms with van der Waals surface area (Å²) in [6, 6.07) is 11.6. The highest BCUT2D eigenvalue weighted by molar-refractivity contribution is 7.89. The number of sulfonamides is 1. The second kappa shape index (κ2) is 7.89. The van der Waals surface area contributed by atoms with Crippen molar-refractivity contribution in [3.05, 3.63) is 64.1 Å². The normalized spacial score (nSPS) is 23.9. The van der Waals surface area contributed by atoms with Crippen LogP contribution in [0.3, 0.4) is 0 Å². The van der Waals surface area contributed by atoms with Crippen LogP contribution in [-0.2, 0) is 21.3 Å². The zero-order valence-electron chi connectivity index (χ0n) is 17.1. The van der Waals surface area contributed by atoms with Crippen molar-refractivity contribution in [2.75, 3.05) is 39.4 Å². The summed E-state index contributed by atoms with van der Waals surface area (Å²) in [4.78, 5) is 27.4. The van der Waals surface area contributed by atoms with Crippen molar-refractivity contribution in [1.82, 2.24) is 13.8 Å². The molecule has 2 fully saturated rings. The summed E-state index contributed by atoms with van der Waals surface area (Å²) in [5, 5.41) is 0. The average molecular weight is 444 g/mol. The Balaban J connectivity index is 1.34. The molecular weight excluding hydrogens is 418 g/mol. The zero-order valence-corrected chi connectivity index (χ0v) is 18.0. The number of carbonyl (C=O) groups excluding carboxylic acids is 1. The Bertz CT molecular complexity index is 1150. The number of likely N-dealkylation sites (tertiary alicyclic amines) is 1. The van der Waals surface area contributed by atoms with E-state index in [0.717, 1.165) is 12.1 Å². The summed E-state index contributed by atoms with van der Waals surface area (Å²) < 4.78 is 34.1. The van der Waals surface area contributed by atoms with E-state index < -0.39 is 10.0 Å². The van der Waals surface area contributed by atoms with Gasteiger partial charge in [-0.1, -0.05) is 6.07 Å². The maximum Gasteiger partial charge on any atom is 0.253 e. The van der Waals surface area contributed by atoms with E-state index in [0.29, 0.717) is 51.5 Å². The van der Waals surface area contributed by atoms with Gasteiger partial charge in [0.1, 0.15) is 0 Å². The first-order valence-corrected chi connectivity index (χ1v) is 12.0. The van der Waals surface area contributed by atoms with Crippen LogP contribution in [-0.4, -0.2) is 67.5 Å². The van der Waals surface area contributed by atoms with Gasteiger partial charge in [0.15, 0.2) is 0 Å². The lowest BCUT2D eigenvalue weighted by Crippen LogP contribution is -2.49. The van der Waals surface area contributed by atoms with Crippen molar-refractivity contribution in [2.24, 2.45) is 5.92 Å². The smallest absolute Gasteiger partial charge is 0.253 e. The number of carbonyl (C=O) groups is 1. The summed E-state index contributed by atoms with van der Waals surface area (Å²) in [5.74, 6) is 0.291. The van der Waals surface area contributed by atoms with Crippen molar-refractivity contribution in [1.29, 1.82) is 0 Å². The SMILES string of the molecule is O=C(c1ccc(S(=O)(=O)N2CCOCC2)cc1)N1CC2CC(C1)c1cccc(=O)n1C2. The third kappa shape index (κ3) is 3.71. The number of nitrogens with zero attached hydrogens (tertiary/aromatic N) is 3. The molecule has 2 bridgehead atoms. The molecule has 3 aliphatic rings. The molecule has 9 heteroatoms. The van der Waals surface area contributed by atoms with Crippen molar-refractivity contribution in [3.63, 3.8) is 0 Å². The van der Waals surface area contributed by atoms with E-state index in [1.807, 2.05) is 15.5 Å². The molecule has 2 unspecified atom stereocenters. The van der Waals surface area contributed by atoms with E-state index >= 15 is 0 Å². The van der Waals surface area contributed by atoms with Gasteiger partial charge in [-0.15, -0.1) is 0 Å². The molecule has 1 aromatic heterocycles. The third-order valence-electron chi connectivity index (χ3n) is 6.48. The molecule has 5 rings (SSSR count). The summed E-state index contributed by atoms with van der Waals surface area (Å²) in [6.45, 7) is 3.25. The first kappa shape index (κ1) is 20.4. The van der Waals surface area contributed by atoms with Crippen LogP contribution in [0.25, 0.3) is 0 Å². The Kier molecular flexibility index (Phi) is 5.19. The fourth-order valence-corrected chi connectivity index (χ4v) is 6.36. The van der Waals surface area contributed by atoms with Gasteiger partial charge < -0.3 is 14.2 Å². The number of amides is 1. The maximum absolute atomic E-state index is 13.2. The monoisotopic (exact) mass is 443 g/mol. The number of piperidine rings is 1. The van der Waals surface area contributed by atoms with Crippen LogP contribution in [0, 0.1) is 5.92 Å². The highest BCUT2D eigenvalue weighted by Crippen LogP contribution is 2.35. The lowest BCUT2D eigenvalue weighted by atomic mass is 9.83. The second-order valence-corrected chi connectivity index (χ2v) is 10.4. The number of pyridine rings is 1. The number of hydrogen-bond donors (Lipinski definition) is 0. The van der Waals surface area contributed by atoms with Gasteiger partial charge in [0, 0.05) is 56.0 Å². The first-order valence-electron chi connectivity index (χ1n) is 10.6. The van der Waals surface area contributed by atoms with Gasteiger partial charge in [-0.3, -0.25) is 9.59 Å². The van der Waals surface area contributed by atoms with Crippen LogP contribution in [0.5, 0.6) is 0 Å². The molecule has 2 saturated heterocycles. The maximum atomic E-state index is 13.2. The second-order valence-electron chi connectivity index (χ2n) is 8.45. The molecule has 31 heavy (non-hydrogen) atoms. The molecule has 0 aliphatic carbocycles. The number of benzene rings is 1. The minimum absolute atomic E-state index is 0.0176. The number of hydrogen-bond acceptors (Lipinski definition) is 5. The average Bonchev–Trinajstić information content (AvgIpc) is 2.80. The Morgan fingerprint density at radius 2 is 1.71 bits per heavy atom. The lowest BCUT2D eigenvalue weighted by Gasteiger charge is -2.42. The van der Waals surface area contributed by atoms with Gasteiger partial charge >= 0.3 is 0 Å². The summed E-state index contributed by atoms with van der Waals surface area (Å²) in [5.41, 5.74) is 1.49. The van der Waals surface area contributed by atoms with E-state index in [4.69, 9.17) is 4.74 Å². The highest BCUT2D eigenvalue weighted by Gasteiger charge is 2.36. The Morgan fingerprint density at radius 3 is 2.45 bits per heavy atom. The molecule has 0 N–H and O–H groups in total. The Morgan fingerprint density at radius 1 is 0.968 bits per heavy atom. The van der Waals surface area contributed by atoms with Gasteiger partial charge in [0.05, 0.1) is 18.1 Å². The van der Waals surface area contributed by atoms with Crippen LogP contribution in [0.2, 0.25) is 0 Å². The van der Waals surface area contributed by atoms with Crippen LogP contribution in [0.4, 0.5) is 0 Å². The molecule has 3 aliphatic heterocycles. The number of aromatic nitrogens is 1. The number of rotatable bonds is 3. The fourth-order valence-electron chi connectivity index (χ4n) is 4.95. The van der Waals surface area contributed by atoms with Crippen molar-refractivity contribution < 1.29 is 17.9 Å². The van der Waals surface area contributed by atoms with Crippen LogP contribution in [0.15, 0.2) is 52.2 Å². The van der Waals surface area contributed by atoms with Crippen molar-refractivity contribution in [3.8, 4) is 0 Å². The van der Waals surface area contributed by atoms with Gasteiger partial charge in [0.25, 0.3) is 11.5 Å². The van der Waals surface area contributed by atoms with Crippen molar-refractivity contribution in [2.45, 2.75) is 23.8 Å². The standard InChI is InChI=1S/C22H25N3O5S/c26-21-3-1-2-20-18-12-16(14-25(20)21)13-23(15-18)22(27)17-4-6-19(7-5-17)31(28,29)24-8-10-30-11-9-24/h1-7,16,18H,8-15H2. The molecular formula is C22H25N3O5S. The predicted octanol–water partition coefficient (Wildman–Crippen LogP) is 1.13. The molecule has 1 amide bonds. The van der Waals surface area contributed by atoms with Crippen LogP contribution < -0.4 is 5.56 Å². The minimum Gasteiger partial charge on any atom is -0.379 e. The van der Waals surface area contributed by atoms with Crippen LogP contribution in [0.1, 0.15) is 28.4 Å². The van der Waals surface area contributed by atoms with Gasteiger partial charge in [-0.05, 0) is 42.7 Å². The largest absolute Gasteiger partial charge is 0.379 e. The number of morpholine rings is 1. The van der Waals surface area contributed by atoms with Gasteiger partial charge in [-0.2, -0.15) is 4.31 Å². The van der Waals surface area contributed by atoms with Crippen molar-refractivity contribution >= 4 is 15.9 Å². The molecule has 164 valence electrons. The quantitative estimate of drug-likeness (QED) is 0.710. The topological polar surface area (TPSA) is 88.9 Å². The molecule has 0 radical (unpaired) electrons. The lowest BCUT2D eigenvalue weighted by molar-refractivity contribution is 0.0594. The van der Waals surface area contributed by atoms with E-state index in [2.05, 4.69) is 0 Å². The van der Waals surface area contributed by atoms with E-state index in [-0.39, 0.29) is 28.2 Å². The van der Waals surface area contributed by atoms with E-state index in [1.54, 1.807) is 24.3 Å². The Labute approximate surface area is 181 Å². The number of fused-ring (bicyclic) bond motifs is 4. The fraction of sp³-hybridized carbons (Fsp3) is 0.455. The van der Waals surface area contributed by atoms with Gasteiger partial charge in [-0.25, -0.2) is 8.42 Å².